The second-order valence-corrected chi connectivity index (χ2v) is 9.36. The molecule has 3 N–H and O–H groups in total. The lowest BCUT2D eigenvalue weighted by Crippen LogP contribution is -2.45. The number of hydrogen-bond donors (Lipinski definition) is 2. The largest absolute Gasteiger partial charge is 0.480 e. The van der Waals surface area contributed by atoms with Gasteiger partial charge >= 0.3 is 5.97 Å². The Balaban J connectivity index is 1.65. The van der Waals surface area contributed by atoms with E-state index in [4.69, 9.17) is 5.73 Å². The van der Waals surface area contributed by atoms with Crippen molar-refractivity contribution in [2.45, 2.75) is 25.4 Å². The van der Waals surface area contributed by atoms with Crippen molar-refractivity contribution < 1.29 is 19.5 Å². The minimum Gasteiger partial charge on any atom is -0.480 e. The third kappa shape index (κ3) is 6.06. The minimum atomic E-state index is -1.20. The smallest absolute Gasteiger partial charge is 0.326 e. The van der Waals surface area contributed by atoms with Crippen molar-refractivity contribution in [1.82, 2.24) is 4.90 Å². The molecule has 182 valence electrons. The monoisotopic (exact) mass is 498 g/mol. The third-order valence-corrected chi connectivity index (χ3v) is 6.83. The number of rotatable bonds is 10. The van der Waals surface area contributed by atoms with Crippen LogP contribution in [0.4, 0.5) is 0 Å². The predicted octanol–water partition coefficient (Wildman–Crippen LogP) is 5.44. The molecule has 0 fully saturated rings. The lowest BCUT2D eigenvalue weighted by molar-refractivity contribution is -0.143. The van der Waals surface area contributed by atoms with Crippen molar-refractivity contribution >= 4 is 29.1 Å². The van der Waals surface area contributed by atoms with Crippen LogP contribution in [0.3, 0.4) is 0 Å². The van der Waals surface area contributed by atoms with E-state index in [1.54, 1.807) is 23.5 Å². The van der Waals surface area contributed by atoms with Crippen LogP contribution in [0, 0.1) is 0 Å². The van der Waals surface area contributed by atoms with E-state index in [1.807, 2.05) is 84.2 Å². The second kappa shape index (κ2) is 11.5. The number of carbonyl (C=O) groups excluding carboxylic acids is 2. The molecule has 36 heavy (non-hydrogen) atoms. The Morgan fingerprint density at radius 2 is 1.53 bits per heavy atom. The first kappa shape index (κ1) is 24.9. The molecule has 0 saturated heterocycles. The van der Waals surface area contributed by atoms with Crippen LogP contribution < -0.4 is 5.73 Å². The average Bonchev–Trinajstić information content (AvgIpc) is 3.43. The van der Waals surface area contributed by atoms with Crippen LogP contribution >= 0.6 is 11.3 Å². The van der Waals surface area contributed by atoms with Crippen molar-refractivity contribution in [1.29, 1.82) is 0 Å². The van der Waals surface area contributed by atoms with Gasteiger partial charge in [-0.3, -0.25) is 9.59 Å². The van der Waals surface area contributed by atoms with Gasteiger partial charge < -0.3 is 15.7 Å². The van der Waals surface area contributed by atoms with Gasteiger partial charge in [-0.2, -0.15) is 0 Å². The molecule has 1 atom stereocenters. The summed E-state index contributed by atoms with van der Waals surface area (Å²) in [5, 5.41) is 12.0. The molecule has 0 aliphatic heterocycles. The standard InChI is InChI=1S/C29H26N2O4S/c30-27(32)16-15-25(29(34)35)31(19-20-6-4-9-24(18-20)26-10-5-17-36-26)28(33)23-13-11-22(12-14-23)21-7-2-1-3-8-21/h1-14,17-18,25H,15-16,19H2,(H2,30,32)(H,34,35)/t25-/m0/s1. The maximum Gasteiger partial charge on any atom is 0.326 e. The Hall–Kier alpha value is -4.23. The van der Waals surface area contributed by atoms with Gasteiger partial charge in [0.25, 0.3) is 5.91 Å². The highest BCUT2D eigenvalue weighted by molar-refractivity contribution is 7.13. The molecule has 0 bridgehead atoms. The van der Waals surface area contributed by atoms with E-state index in [0.717, 1.165) is 27.1 Å². The third-order valence-electron chi connectivity index (χ3n) is 5.91. The Labute approximate surface area is 213 Å². The summed E-state index contributed by atoms with van der Waals surface area (Å²) in [4.78, 5) is 39.7. The van der Waals surface area contributed by atoms with Crippen LogP contribution in [0.5, 0.6) is 0 Å². The van der Waals surface area contributed by atoms with Crippen LogP contribution in [0.2, 0.25) is 0 Å². The summed E-state index contributed by atoms with van der Waals surface area (Å²) in [7, 11) is 0. The fraction of sp³-hybridized carbons (Fsp3) is 0.138. The number of nitrogens with two attached hydrogens (primary N) is 1. The highest BCUT2D eigenvalue weighted by Gasteiger charge is 2.31. The number of thiophene rings is 1. The number of benzene rings is 3. The van der Waals surface area contributed by atoms with Crippen LogP contribution in [-0.2, 0) is 16.1 Å². The highest BCUT2D eigenvalue weighted by Crippen LogP contribution is 2.27. The zero-order valence-corrected chi connectivity index (χ0v) is 20.4. The quantitative estimate of drug-likeness (QED) is 0.304. The number of amides is 2. The van der Waals surface area contributed by atoms with Gasteiger partial charge in [0.2, 0.25) is 5.91 Å². The molecular weight excluding hydrogens is 472 g/mol. The number of nitrogens with zero attached hydrogens (tertiary/aromatic N) is 1. The van der Waals surface area contributed by atoms with E-state index in [1.165, 1.54) is 4.90 Å². The summed E-state index contributed by atoms with van der Waals surface area (Å²) in [5.41, 5.74) is 9.41. The lowest BCUT2D eigenvalue weighted by atomic mass is 10.0. The van der Waals surface area contributed by atoms with Crippen LogP contribution in [0.15, 0.2) is 96.4 Å². The van der Waals surface area contributed by atoms with E-state index in [-0.39, 0.29) is 19.4 Å². The van der Waals surface area contributed by atoms with Crippen LogP contribution in [0.1, 0.15) is 28.8 Å². The molecule has 1 aromatic heterocycles. The summed E-state index contributed by atoms with van der Waals surface area (Å²) in [6, 6.07) is 27.3. The number of carboxylic acid groups (broad SMARTS) is 1. The summed E-state index contributed by atoms with van der Waals surface area (Å²) in [6.45, 7) is 0.0776. The maximum absolute atomic E-state index is 13.6. The predicted molar refractivity (Wildman–Crippen MR) is 141 cm³/mol. The SMILES string of the molecule is NC(=O)CC[C@@H](C(=O)O)N(Cc1cccc(-c2cccs2)c1)C(=O)c1ccc(-c2ccccc2)cc1. The van der Waals surface area contributed by atoms with Crippen LogP contribution in [0.25, 0.3) is 21.6 Å². The van der Waals surface area contributed by atoms with Gasteiger partial charge in [0.15, 0.2) is 0 Å². The Morgan fingerprint density at radius 1 is 0.833 bits per heavy atom. The van der Waals surface area contributed by atoms with Gasteiger partial charge in [0.05, 0.1) is 0 Å². The summed E-state index contributed by atoms with van der Waals surface area (Å²) in [5.74, 6) is -2.21. The van der Waals surface area contributed by atoms with Gasteiger partial charge in [0.1, 0.15) is 6.04 Å². The molecule has 7 heteroatoms. The van der Waals surface area contributed by atoms with Crippen molar-refractivity contribution in [2.24, 2.45) is 5.73 Å². The van der Waals surface area contributed by atoms with E-state index < -0.39 is 23.8 Å². The molecular formula is C29H26N2O4S. The molecule has 2 amide bonds. The molecule has 4 aromatic rings. The summed E-state index contributed by atoms with van der Waals surface area (Å²) >= 11 is 1.60. The summed E-state index contributed by atoms with van der Waals surface area (Å²) in [6.07, 6.45) is -0.202. The van der Waals surface area contributed by atoms with Gasteiger partial charge in [-0.05, 0) is 58.3 Å². The fourth-order valence-corrected chi connectivity index (χ4v) is 4.80. The molecule has 1 heterocycles. The summed E-state index contributed by atoms with van der Waals surface area (Å²) < 4.78 is 0. The number of hydrogen-bond acceptors (Lipinski definition) is 4. The van der Waals surface area contributed by atoms with Gasteiger partial charge in [-0.25, -0.2) is 4.79 Å². The van der Waals surface area contributed by atoms with E-state index in [9.17, 15) is 19.5 Å². The molecule has 0 aliphatic carbocycles. The molecule has 4 rings (SSSR count). The lowest BCUT2D eigenvalue weighted by Gasteiger charge is -2.29. The molecule has 3 aromatic carbocycles. The molecule has 6 nitrogen and oxygen atoms in total. The molecule has 0 radical (unpaired) electrons. The Bertz CT molecular complexity index is 1340. The molecule has 0 saturated carbocycles. The zero-order valence-electron chi connectivity index (χ0n) is 19.5. The van der Waals surface area contributed by atoms with Crippen molar-refractivity contribution in [3.63, 3.8) is 0 Å². The number of carbonyl (C=O) groups is 3. The van der Waals surface area contributed by atoms with Crippen LogP contribution in [-0.4, -0.2) is 33.8 Å². The number of aliphatic carboxylic acids is 1. The van der Waals surface area contributed by atoms with Gasteiger partial charge in [-0.1, -0.05) is 66.7 Å². The van der Waals surface area contributed by atoms with Crippen molar-refractivity contribution in [3.8, 4) is 21.6 Å². The first-order valence-corrected chi connectivity index (χ1v) is 12.4. The fourth-order valence-electron chi connectivity index (χ4n) is 4.08. The van der Waals surface area contributed by atoms with E-state index in [0.29, 0.717) is 5.56 Å². The molecule has 0 aliphatic rings. The molecule has 0 spiro atoms. The number of carboxylic acids is 1. The van der Waals surface area contributed by atoms with Gasteiger partial charge in [0, 0.05) is 23.4 Å². The van der Waals surface area contributed by atoms with Crippen molar-refractivity contribution in [3.05, 3.63) is 108 Å². The maximum atomic E-state index is 13.6. The van der Waals surface area contributed by atoms with E-state index in [2.05, 4.69) is 0 Å². The first-order valence-electron chi connectivity index (χ1n) is 11.5. The van der Waals surface area contributed by atoms with Gasteiger partial charge in [-0.15, -0.1) is 11.3 Å². The first-order chi connectivity index (χ1) is 17.4. The van der Waals surface area contributed by atoms with Crippen molar-refractivity contribution in [2.75, 3.05) is 0 Å². The molecule has 0 unspecified atom stereocenters. The second-order valence-electron chi connectivity index (χ2n) is 8.41. The Morgan fingerprint density at radius 3 is 2.17 bits per heavy atom. The normalized spacial score (nSPS) is 11.6. The van der Waals surface area contributed by atoms with E-state index >= 15 is 0 Å². The average molecular weight is 499 g/mol. The zero-order chi connectivity index (χ0) is 25.5. The number of primary amides is 1. The topological polar surface area (TPSA) is 101 Å². The minimum absolute atomic E-state index is 0.0663. The highest BCUT2D eigenvalue weighted by atomic mass is 32.1. The Kier molecular flexibility index (Phi) is 7.92.